The van der Waals surface area contributed by atoms with Crippen molar-refractivity contribution < 1.29 is 4.79 Å². The fourth-order valence-electron chi connectivity index (χ4n) is 2.57. The third-order valence-electron chi connectivity index (χ3n) is 3.63. The molecule has 1 saturated heterocycles. The Morgan fingerprint density at radius 1 is 1.47 bits per heavy atom. The Hall–Kier alpha value is -1.88. The molecule has 19 heavy (non-hydrogen) atoms. The van der Waals surface area contributed by atoms with Gasteiger partial charge >= 0.3 is 0 Å². The predicted molar refractivity (Wildman–Crippen MR) is 74.1 cm³/mol. The number of carbonyl (C=O) groups excluding carboxylic acids is 1. The van der Waals surface area contributed by atoms with Crippen molar-refractivity contribution >= 4 is 16.9 Å². The Kier molecular flexibility index (Phi) is 2.98. The van der Waals surface area contributed by atoms with Gasteiger partial charge in [-0.2, -0.15) is 0 Å². The summed E-state index contributed by atoms with van der Waals surface area (Å²) < 4.78 is 1.95. The fourth-order valence-corrected chi connectivity index (χ4v) is 2.57. The van der Waals surface area contributed by atoms with Gasteiger partial charge in [0.15, 0.2) is 0 Å². The number of hydrogen-bond acceptors (Lipinski definition) is 3. The summed E-state index contributed by atoms with van der Waals surface area (Å²) in [5, 5.41) is 3.34. The van der Waals surface area contributed by atoms with E-state index in [4.69, 9.17) is 0 Å². The van der Waals surface area contributed by atoms with Crippen LogP contribution in [0.15, 0.2) is 24.5 Å². The molecule has 1 aromatic carbocycles. The summed E-state index contributed by atoms with van der Waals surface area (Å²) in [5.41, 5.74) is 2.64. The molecule has 1 amide bonds. The number of hydrogen-bond donors (Lipinski definition) is 1. The maximum Gasteiger partial charge on any atom is 0.254 e. The van der Waals surface area contributed by atoms with Gasteiger partial charge in [-0.1, -0.05) is 0 Å². The lowest BCUT2D eigenvalue weighted by Gasteiger charge is -2.31. The van der Waals surface area contributed by atoms with E-state index in [1.807, 2.05) is 34.7 Å². The van der Waals surface area contributed by atoms with E-state index in [9.17, 15) is 4.79 Å². The zero-order valence-corrected chi connectivity index (χ0v) is 11.3. The van der Waals surface area contributed by atoms with Gasteiger partial charge in [-0.25, -0.2) is 4.98 Å². The molecule has 0 spiro atoms. The number of aromatic nitrogens is 2. The van der Waals surface area contributed by atoms with Crippen LogP contribution in [0, 0.1) is 0 Å². The van der Waals surface area contributed by atoms with E-state index >= 15 is 0 Å². The number of amides is 1. The number of nitrogens with zero attached hydrogens (tertiary/aromatic N) is 3. The van der Waals surface area contributed by atoms with Crippen molar-refractivity contribution in [2.45, 2.75) is 13.0 Å². The number of fused-ring (bicyclic) bond motifs is 1. The zero-order chi connectivity index (χ0) is 13.4. The van der Waals surface area contributed by atoms with E-state index < -0.39 is 0 Å². The zero-order valence-electron chi connectivity index (χ0n) is 11.3. The highest BCUT2D eigenvalue weighted by Gasteiger charge is 2.21. The van der Waals surface area contributed by atoms with Crippen LogP contribution in [0.5, 0.6) is 0 Å². The molecule has 1 fully saturated rings. The maximum atomic E-state index is 12.5. The first kappa shape index (κ1) is 12.2. The van der Waals surface area contributed by atoms with E-state index in [1.165, 1.54) is 0 Å². The van der Waals surface area contributed by atoms with E-state index in [0.29, 0.717) is 6.04 Å². The molecular formula is C14H18N4O. The standard InChI is InChI=1S/C14H18N4O/c1-10-8-18(6-5-15-10)14(19)11-3-4-13-12(7-11)16-9-17(13)2/h3-4,7,9-10,15H,5-6,8H2,1-2H3. The molecule has 1 unspecified atom stereocenters. The van der Waals surface area contributed by atoms with Crippen LogP contribution < -0.4 is 5.32 Å². The van der Waals surface area contributed by atoms with Crippen molar-refractivity contribution in [1.82, 2.24) is 19.8 Å². The van der Waals surface area contributed by atoms with Gasteiger partial charge in [-0.05, 0) is 25.1 Å². The molecule has 5 heteroatoms. The molecule has 1 aliphatic heterocycles. The Morgan fingerprint density at radius 3 is 3.11 bits per heavy atom. The van der Waals surface area contributed by atoms with Crippen LogP contribution in [-0.4, -0.2) is 46.0 Å². The first-order chi connectivity index (χ1) is 9.15. The van der Waals surface area contributed by atoms with Crippen LogP contribution in [0.4, 0.5) is 0 Å². The largest absolute Gasteiger partial charge is 0.336 e. The van der Waals surface area contributed by atoms with Crippen molar-refractivity contribution in [3.8, 4) is 0 Å². The van der Waals surface area contributed by atoms with Crippen LogP contribution in [0.2, 0.25) is 0 Å². The third-order valence-corrected chi connectivity index (χ3v) is 3.63. The Morgan fingerprint density at radius 2 is 2.32 bits per heavy atom. The molecule has 1 N–H and O–H groups in total. The maximum absolute atomic E-state index is 12.5. The minimum atomic E-state index is 0.0981. The summed E-state index contributed by atoms with van der Waals surface area (Å²) >= 11 is 0. The molecule has 0 aliphatic carbocycles. The number of aryl methyl sites for hydroxylation is 1. The second kappa shape index (κ2) is 4.66. The lowest BCUT2D eigenvalue weighted by atomic mass is 10.1. The SMILES string of the molecule is CC1CN(C(=O)c2ccc3c(c2)ncn3C)CCN1. The van der Waals surface area contributed by atoms with Crippen molar-refractivity contribution in [3.63, 3.8) is 0 Å². The van der Waals surface area contributed by atoms with Gasteiger partial charge in [0.25, 0.3) is 5.91 Å². The third kappa shape index (κ3) is 2.21. The van der Waals surface area contributed by atoms with E-state index in [0.717, 1.165) is 36.2 Å². The minimum absolute atomic E-state index is 0.0981. The second-order valence-corrected chi connectivity index (χ2v) is 5.17. The lowest BCUT2D eigenvalue weighted by molar-refractivity contribution is 0.0709. The Bertz CT molecular complexity index is 619. The highest BCUT2D eigenvalue weighted by Crippen LogP contribution is 2.16. The molecule has 5 nitrogen and oxygen atoms in total. The molecule has 1 atom stereocenters. The molecule has 3 rings (SSSR count). The van der Waals surface area contributed by atoms with E-state index in [2.05, 4.69) is 17.2 Å². The number of carbonyl (C=O) groups is 1. The molecule has 0 radical (unpaired) electrons. The summed E-state index contributed by atoms with van der Waals surface area (Å²) in [6, 6.07) is 6.08. The first-order valence-corrected chi connectivity index (χ1v) is 6.59. The summed E-state index contributed by atoms with van der Waals surface area (Å²) in [6.07, 6.45) is 1.77. The van der Waals surface area contributed by atoms with Crippen molar-refractivity contribution in [2.24, 2.45) is 7.05 Å². The van der Waals surface area contributed by atoms with Crippen LogP contribution in [-0.2, 0) is 7.05 Å². The highest BCUT2D eigenvalue weighted by atomic mass is 16.2. The van der Waals surface area contributed by atoms with Gasteiger partial charge in [0.2, 0.25) is 0 Å². The second-order valence-electron chi connectivity index (χ2n) is 5.17. The van der Waals surface area contributed by atoms with Crippen molar-refractivity contribution in [3.05, 3.63) is 30.1 Å². The monoisotopic (exact) mass is 258 g/mol. The van der Waals surface area contributed by atoms with Crippen molar-refractivity contribution in [2.75, 3.05) is 19.6 Å². The van der Waals surface area contributed by atoms with Gasteiger partial charge in [-0.15, -0.1) is 0 Å². The van der Waals surface area contributed by atoms with Crippen LogP contribution >= 0.6 is 0 Å². The van der Waals surface area contributed by atoms with Gasteiger partial charge in [0, 0.05) is 38.3 Å². The summed E-state index contributed by atoms with van der Waals surface area (Å²) in [7, 11) is 1.95. The van der Waals surface area contributed by atoms with Gasteiger partial charge in [-0.3, -0.25) is 4.79 Å². The molecule has 2 heterocycles. The van der Waals surface area contributed by atoms with E-state index in [1.54, 1.807) is 6.33 Å². The van der Waals surface area contributed by atoms with Gasteiger partial charge in [0.1, 0.15) is 0 Å². The fraction of sp³-hybridized carbons (Fsp3) is 0.429. The molecule has 0 bridgehead atoms. The Labute approximate surface area is 112 Å². The normalized spacial score (nSPS) is 19.9. The number of benzene rings is 1. The average molecular weight is 258 g/mol. The molecule has 1 aromatic heterocycles. The molecular weight excluding hydrogens is 240 g/mol. The summed E-state index contributed by atoms with van der Waals surface area (Å²) in [5.74, 6) is 0.0981. The number of imidazole rings is 1. The lowest BCUT2D eigenvalue weighted by Crippen LogP contribution is -2.51. The molecule has 100 valence electrons. The number of rotatable bonds is 1. The highest BCUT2D eigenvalue weighted by molar-refractivity contribution is 5.97. The number of piperazine rings is 1. The van der Waals surface area contributed by atoms with Gasteiger partial charge < -0.3 is 14.8 Å². The topological polar surface area (TPSA) is 50.2 Å². The quantitative estimate of drug-likeness (QED) is 0.830. The molecule has 1 aliphatic rings. The molecule has 2 aromatic rings. The van der Waals surface area contributed by atoms with Crippen LogP contribution in [0.1, 0.15) is 17.3 Å². The number of nitrogens with one attached hydrogen (secondary N) is 1. The minimum Gasteiger partial charge on any atom is -0.336 e. The first-order valence-electron chi connectivity index (χ1n) is 6.59. The molecule has 0 saturated carbocycles. The predicted octanol–water partition coefficient (Wildman–Crippen LogP) is 1.01. The van der Waals surface area contributed by atoms with Crippen LogP contribution in [0.25, 0.3) is 11.0 Å². The average Bonchev–Trinajstić information content (AvgIpc) is 2.79. The van der Waals surface area contributed by atoms with Crippen LogP contribution in [0.3, 0.4) is 0 Å². The summed E-state index contributed by atoms with van der Waals surface area (Å²) in [6.45, 7) is 4.49. The van der Waals surface area contributed by atoms with Gasteiger partial charge in [0.05, 0.1) is 17.4 Å². The van der Waals surface area contributed by atoms with E-state index in [-0.39, 0.29) is 5.91 Å². The Balaban J connectivity index is 1.88. The van der Waals surface area contributed by atoms with Crippen molar-refractivity contribution in [1.29, 1.82) is 0 Å². The smallest absolute Gasteiger partial charge is 0.254 e. The summed E-state index contributed by atoms with van der Waals surface area (Å²) in [4.78, 5) is 18.7.